The molecule has 0 unspecified atom stereocenters. The van der Waals surface area contributed by atoms with E-state index in [0.29, 0.717) is 5.56 Å². The molecule has 0 saturated carbocycles. The van der Waals surface area contributed by atoms with Crippen LogP contribution in [0.5, 0.6) is 0 Å². The second kappa shape index (κ2) is 5.83. The van der Waals surface area contributed by atoms with Crippen molar-refractivity contribution in [3.8, 4) is 0 Å². The van der Waals surface area contributed by atoms with Crippen molar-refractivity contribution in [1.29, 1.82) is 0 Å². The van der Waals surface area contributed by atoms with Crippen LogP contribution < -0.4 is 5.32 Å². The summed E-state index contributed by atoms with van der Waals surface area (Å²) < 4.78 is 0.908. The lowest BCUT2D eigenvalue weighted by atomic mass is 10.1. The molecule has 18 heavy (non-hydrogen) atoms. The van der Waals surface area contributed by atoms with Crippen LogP contribution in [-0.4, -0.2) is 5.91 Å². The summed E-state index contributed by atoms with van der Waals surface area (Å²) in [4.78, 5) is 12.0. The fraction of sp³-hybridized carbons (Fsp3) is 0.133. The molecule has 1 N–H and O–H groups in total. The first-order chi connectivity index (χ1) is 8.70. The second-order valence-corrected chi connectivity index (χ2v) is 4.84. The quantitative estimate of drug-likeness (QED) is 0.901. The average Bonchev–Trinajstić information content (AvgIpc) is 2.42. The molecule has 2 aromatic rings. The highest BCUT2D eigenvalue weighted by Crippen LogP contribution is 2.24. The van der Waals surface area contributed by atoms with Gasteiger partial charge >= 0.3 is 0 Å². The van der Waals surface area contributed by atoms with Crippen LogP contribution in [0.25, 0.3) is 0 Å². The Morgan fingerprint density at radius 2 is 1.89 bits per heavy atom. The molecular weight excluding hydrogens is 290 g/mol. The summed E-state index contributed by atoms with van der Waals surface area (Å²) in [6.45, 7) is 2.10. The van der Waals surface area contributed by atoms with Gasteiger partial charge in [-0.05, 0) is 52.2 Å². The largest absolute Gasteiger partial charge is 0.321 e. The number of hydrogen-bond donors (Lipinski definition) is 1. The molecule has 0 aliphatic heterocycles. The number of hydrogen-bond acceptors (Lipinski definition) is 1. The Morgan fingerprint density at radius 3 is 2.50 bits per heavy atom. The van der Waals surface area contributed by atoms with E-state index in [-0.39, 0.29) is 5.91 Å². The van der Waals surface area contributed by atoms with E-state index in [4.69, 9.17) is 0 Å². The number of benzene rings is 2. The van der Waals surface area contributed by atoms with E-state index in [0.717, 1.165) is 16.6 Å². The highest BCUT2D eigenvalue weighted by atomic mass is 79.9. The van der Waals surface area contributed by atoms with Crippen molar-refractivity contribution >= 4 is 27.5 Å². The van der Waals surface area contributed by atoms with E-state index in [2.05, 4.69) is 28.2 Å². The molecule has 2 nitrogen and oxygen atoms in total. The summed E-state index contributed by atoms with van der Waals surface area (Å²) in [5.41, 5.74) is 2.68. The third-order valence-corrected chi connectivity index (χ3v) is 3.38. The lowest BCUT2D eigenvalue weighted by molar-refractivity contribution is 0.102. The van der Waals surface area contributed by atoms with Crippen molar-refractivity contribution in [2.45, 2.75) is 13.3 Å². The molecule has 0 spiro atoms. The van der Waals surface area contributed by atoms with Crippen LogP contribution in [0.15, 0.2) is 53.0 Å². The zero-order valence-electron chi connectivity index (χ0n) is 10.1. The van der Waals surface area contributed by atoms with E-state index < -0.39 is 0 Å². The molecule has 0 aliphatic rings. The number of rotatable bonds is 3. The van der Waals surface area contributed by atoms with Gasteiger partial charge in [-0.1, -0.05) is 31.2 Å². The van der Waals surface area contributed by atoms with Gasteiger partial charge in [-0.25, -0.2) is 0 Å². The second-order valence-electron chi connectivity index (χ2n) is 3.99. The fourth-order valence-electron chi connectivity index (χ4n) is 1.66. The van der Waals surface area contributed by atoms with Crippen LogP contribution in [0.4, 0.5) is 5.69 Å². The topological polar surface area (TPSA) is 29.1 Å². The lowest BCUT2D eigenvalue weighted by Crippen LogP contribution is -2.12. The van der Waals surface area contributed by atoms with Gasteiger partial charge < -0.3 is 5.32 Å². The SMILES string of the molecule is CCc1ccc(NC(=O)c2ccccc2)c(Br)c1. The first-order valence-corrected chi connectivity index (χ1v) is 6.65. The van der Waals surface area contributed by atoms with Crippen LogP contribution in [0.3, 0.4) is 0 Å². The first-order valence-electron chi connectivity index (χ1n) is 5.85. The first kappa shape index (κ1) is 12.8. The summed E-state index contributed by atoms with van der Waals surface area (Å²) in [7, 11) is 0. The van der Waals surface area contributed by atoms with Crippen LogP contribution >= 0.6 is 15.9 Å². The fourth-order valence-corrected chi connectivity index (χ4v) is 2.19. The third kappa shape index (κ3) is 2.99. The van der Waals surface area contributed by atoms with E-state index in [1.54, 1.807) is 12.1 Å². The van der Waals surface area contributed by atoms with E-state index in [9.17, 15) is 4.79 Å². The maximum absolute atomic E-state index is 12.0. The third-order valence-electron chi connectivity index (χ3n) is 2.73. The monoisotopic (exact) mass is 303 g/mol. The van der Waals surface area contributed by atoms with Crippen LogP contribution in [0.1, 0.15) is 22.8 Å². The Hall–Kier alpha value is -1.61. The lowest BCUT2D eigenvalue weighted by Gasteiger charge is -2.08. The molecule has 2 rings (SSSR count). The van der Waals surface area contributed by atoms with Gasteiger partial charge in [0, 0.05) is 10.0 Å². The van der Waals surface area contributed by atoms with E-state index in [1.807, 2.05) is 36.4 Å². The van der Waals surface area contributed by atoms with Gasteiger partial charge in [0.2, 0.25) is 0 Å². The number of carbonyl (C=O) groups excluding carboxylic acids is 1. The van der Waals surface area contributed by atoms with Gasteiger partial charge in [-0.3, -0.25) is 4.79 Å². The molecule has 0 fully saturated rings. The number of halogens is 1. The van der Waals surface area contributed by atoms with Crippen molar-refractivity contribution in [1.82, 2.24) is 0 Å². The molecule has 92 valence electrons. The standard InChI is InChI=1S/C15H14BrNO/c1-2-11-8-9-14(13(16)10-11)17-15(18)12-6-4-3-5-7-12/h3-10H,2H2,1H3,(H,17,18). The molecule has 3 heteroatoms. The molecule has 0 aliphatic carbocycles. The number of amides is 1. The van der Waals surface area contributed by atoms with Gasteiger partial charge in [-0.15, -0.1) is 0 Å². The van der Waals surface area contributed by atoms with Crippen molar-refractivity contribution < 1.29 is 4.79 Å². The molecule has 0 aromatic heterocycles. The van der Waals surface area contributed by atoms with Gasteiger partial charge in [0.25, 0.3) is 5.91 Å². The molecule has 0 saturated heterocycles. The molecule has 1 amide bonds. The van der Waals surface area contributed by atoms with Crippen molar-refractivity contribution in [3.63, 3.8) is 0 Å². The molecule has 0 bridgehead atoms. The predicted octanol–water partition coefficient (Wildman–Crippen LogP) is 4.26. The zero-order chi connectivity index (χ0) is 13.0. The Balaban J connectivity index is 2.17. The Labute approximate surface area is 115 Å². The van der Waals surface area contributed by atoms with Gasteiger partial charge in [-0.2, -0.15) is 0 Å². The maximum atomic E-state index is 12.0. The van der Waals surface area contributed by atoms with Crippen molar-refractivity contribution in [2.75, 3.05) is 5.32 Å². The minimum Gasteiger partial charge on any atom is -0.321 e. The number of carbonyl (C=O) groups is 1. The van der Waals surface area contributed by atoms with Gasteiger partial charge in [0.15, 0.2) is 0 Å². The van der Waals surface area contributed by atoms with Crippen LogP contribution in [0, 0.1) is 0 Å². The summed E-state index contributed by atoms with van der Waals surface area (Å²) in [5.74, 6) is -0.0967. The molecule has 2 aromatic carbocycles. The summed E-state index contributed by atoms with van der Waals surface area (Å²) in [5, 5.41) is 2.89. The van der Waals surface area contributed by atoms with Crippen molar-refractivity contribution in [3.05, 3.63) is 64.1 Å². The van der Waals surface area contributed by atoms with E-state index in [1.165, 1.54) is 5.56 Å². The Morgan fingerprint density at radius 1 is 1.17 bits per heavy atom. The van der Waals surface area contributed by atoms with Crippen LogP contribution in [-0.2, 0) is 6.42 Å². The van der Waals surface area contributed by atoms with Gasteiger partial charge in [0.1, 0.15) is 0 Å². The Kier molecular flexibility index (Phi) is 4.15. The minimum absolute atomic E-state index is 0.0967. The predicted molar refractivity (Wildman–Crippen MR) is 77.9 cm³/mol. The van der Waals surface area contributed by atoms with Crippen LogP contribution in [0.2, 0.25) is 0 Å². The zero-order valence-corrected chi connectivity index (χ0v) is 11.7. The Bertz CT molecular complexity index is 552. The summed E-state index contributed by atoms with van der Waals surface area (Å²) in [6, 6.07) is 15.2. The maximum Gasteiger partial charge on any atom is 0.255 e. The minimum atomic E-state index is -0.0967. The normalized spacial score (nSPS) is 10.1. The van der Waals surface area contributed by atoms with E-state index >= 15 is 0 Å². The molecule has 0 atom stereocenters. The molecule has 0 heterocycles. The average molecular weight is 304 g/mol. The van der Waals surface area contributed by atoms with Gasteiger partial charge in [0.05, 0.1) is 5.69 Å². The number of aryl methyl sites for hydroxylation is 1. The highest BCUT2D eigenvalue weighted by Gasteiger charge is 2.07. The van der Waals surface area contributed by atoms with Crippen molar-refractivity contribution in [2.24, 2.45) is 0 Å². The summed E-state index contributed by atoms with van der Waals surface area (Å²) in [6.07, 6.45) is 0.978. The number of anilines is 1. The summed E-state index contributed by atoms with van der Waals surface area (Å²) >= 11 is 3.47. The molecule has 0 radical (unpaired) electrons. The molecular formula is C15H14BrNO. The smallest absolute Gasteiger partial charge is 0.255 e. The highest BCUT2D eigenvalue weighted by molar-refractivity contribution is 9.10. The number of nitrogens with one attached hydrogen (secondary N) is 1.